The number of carboxylic acids is 1. The zero-order valence-electron chi connectivity index (χ0n) is 10.5. The molecule has 116 valence electrons. The Morgan fingerprint density at radius 3 is 2.64 bits per heavy atom. The highest BCUT2D eigenvalue weighted by molar-refractivity contribution is 7.99. The van der Waals surface area contributed by atoms with E-state index >= 15 is 0 Å². The molecule has 12 heteroatoms. The molecular weight excluding hydrogens is 324 g/mol. The molecule has 0 saturated carbocycles. The number of benzene rings is 1. The molecule has 0 fully saturated rings. The summed E-state index contributed by atoms with van der Waals surface area (Å²) in [5.41, 5.74) is -0.787. The van der Waals surface area contributed by atoms with E-state index in [0.717, 1.165) is 12.1 Å². The maximum atomic E-state index is 12.5. The van der Waals surface area contributed by atoms with Crippen LogP contribution in [-0.2, 0) is 0 Å². The maximum Gasteiger partial charge on any atom is 0.335 e. The number of hydrogen-bond donors (Lipinski definition) is 2. The van der Waals surface area contributed by atoms with Gasteiger partial charge in [0.05, 0.1) is 15.4 Å². The quantitative estimate of drug-likeness (QED) is 0.479. The van der Waals surface area contributed by atoms with Crippen LogP contribution in [0.25, 0.3) is 0 Å². The number of carbonyl (C=O) groups is 1. The molecule has 0 unspecified atom stereocenters. The molecule has 0 aliphatic heterocycles. The third kappa shape index (κ3) is 2.95. The summed E-state index contributed by atoms with van der Waals surface area (Å²) in [5.74, 6) is 3.27. The lowest BCUT2D eigenvalue weighted by Gasteiger charge is -2.04. The van der Waals surface area contributed by atoms with Crippen LogP contribution < -0.4 is 5.84 Å². The minimum atomic E-state index is -2.95. The largest absolute Gasteiger partial charge is 0.478 e. The van der Waals surface area contributed by atoms with Crippen molar-refractivity contribution in [1.82, 2.24) is 14.9 Å². The Morgan fingerprint density at radius 1 is 1.45 bits per heavy atom. The van der Waals surface area contributed by atoms with Crippen LogP contribution >= 0.6 is 11.8 Å². The van der Waals surface area contributed by atoms with Gasteiger partial charge in [0.1, 0.15) is 0 Å². The Labute approximate surface area is 124 Å². The van der Waals surface area contributed by atoms with Crippen molar-refractivity contribution in [1.29, 1.82) is 0 Å². The number of halogens is 2. The molecule has 0 bridgehead atoms. The molecule has 1 aromatic heterocycles. The van der Waals surface area contributed by atoms with Crippen molar-refractivity contribution >= 4 is 23.4 Å². The molecule has 0 amide bonds. The van der Waals surface area contributed by atoms with Gasteiger partial charge in [-0.2, -0.15) is 0 Å². The Balaban J connectivity index is 2.41. The van der Waals surface area contributed by atoms with E-state index in [1.165, 1.54) is 6.07 Å². The normalized spacial score (nSPS) is 10.9. The second-order valence-corrected chi connectivity index (χ2v) is 4.87. The Morgan fingerprint density at radius 2 is 2.14 bits per heavy atom. The zero-order valence-corrected chi connectivity index (χ0v) is 11.3. The van der Waals surface area contributed by atoms with E-state index < -0.39 is 28.8 Å². The predicted molar refractivity (Wildman–Crippen MR) is 69.3 cm³/mol. The van der Waals surface area contributed by atoms with E-state index in [0.29, 0.717) is 16.4 Å². The van der Waals surface area contributed by atoms with Gasteiger partial charge in [0.2, 0.25) is 11.0 Å². The first kappa shape index (κ1) is 15.6. The minimum absolute atomic E-state index is 0.00471. The summed E-state index contributed by atoms with van der Waals surface area (Å²) in [6.07, 6.45) is -2.95. The number of rotatable bonds is 5. The third-order valence-electron chi connectivity index (χ3n) is 2.49. The van der Waals surface area contributed by atoms with Crippen LogP contribution in [0.2, 0.25) is 0 Å². The fourth-order valence-corrected chi connectivity index (χ4v) is 2.33. The first-order valence-corrected chi connectivity index (χ1v) is 6.31. The zero-order chi connectivity index (χ0) is 16.4. The highest BCUT2D eigenvalue weighted by Crippen LogP contribution is 2.34. The van der Waals surface area contributed by atoms with Crippen molar-refractivity contribution in [2.24, 2.45) is 0 Å². The average Bonchev–Trinajstić information content (AvgIpc) is 2.80. The fourth-order valence-electron chi connectivity index (χ4n) is 1.48. The molecule has 0 aliphatic carbocycles. The molecule has 0 aliphatic rings. The molecule has 0 atom stereocenters. The number of nitrogens with zero attached hydrogens (tertiary/aromatic N) is 4. The van der Waals surface area contributed by atoms with Crippen molar-refractivity contribution in [3.63, 3.8) is 0 Å². The van der Waals surface area contributed by atoms with Gasteiger partial charge in [-0.05, 0) is 23.9 Å². The third-order valence-corrected chi connectivity index (χ3v) is 3.52. The highest BCUT2D eigenvalue weighted by Gasteiger charge is 2.23. The number of nitro groups is 1. The molecular formula is C10H7F2N5O4S. The van der Waals surface area contributed by atoms with Gasteiger partial charge in [0, 0.05) is 6.07 Å². The monoisotopic (exact) mass is 331 g/mol. The Bertz CT molecular complexity index is 751. The van der Waals surface area contributed by atoms with Crippen molar-refractivity contribution in [3.8, 4) is 0 Å². The molecule has 3 N–H and O–H groups in total. The predicted octanol–water partition coefficient (Wildman–Crippen LogP) is 1.69. The summed E-state index contributed by atoms with van der Waals surface area (Å²) in [6, 6.07) is 3.17. The van der Waals surface area contributed by atoms with Crippen LogP contribution in [0.1, 0.15) is 22.6 Å². The summed E-state index contributed by atoms with van der Waals surface area (Å²) in [4.78, 5) is 21.0. The summed E-state index contributed by atoms with van der Waals surface area (Å²) in [5, 5.41) is 26.2. The number of carboxylic acid groups (broad SMARTS) is 1. The van der Waals surface area contributed by atoms with Crippen molar-refractivity contribution in [2.75, 3.05) is 5.84 Å². The van der Waals surface area contributed by atoms with Gasteiger partial charge in [-0.1, -0.05) is 0 Å². The van der Waals surface area contributed by atoms with Gasteiger partial charge in [0.15, 0.2) is 0 Å². The van der Waals surface area contributed by atoms with E-state index in [2.05, 4.69) is 10.2 Å². The number of aromatic carboxylic acids is 1. The van der Waals surface area contributed by atoms with Gasteiger partial charge in [-0.15, -0.1) is 10.2 Å². The lowest BCUT2D eigenvalue weighted by molar-refractivity contribution is -0.387. The van der Waals surface area contributed by atoms with Crippen LogP contribution in [0.3, 0.4) is 0 Å². The highest BCUT2D eigenvalue weighted by atomic mass is 32.2. The summed E-state index contributed by atoms with van der Waals surface area (Å²) in [7, 11) is 0. The lowest BCUT2D eigenvalue weighted by Crippen LogP contribution is -2.14. The summed E-state index contributed by atoms with van der Waals surface area (Å²) < 4.78 is 25.6. The Hall–Kier alpha value is -2.76. The van der Waals surface area contributed by atoms with E-state index in [-0.39, 0.29) is 15.6 Å². The van der Waals surface area contributed by atoms with Crippen LogP contribution in [0.5, 0.6) is 0 Å². The maximum absolute atomic E-state index is 12.5. The smallest absolute Gasteiger partial charge is 0.335 e. The number of alkyl halides is 2. The van der Waals surface area contributed by atoms with Crippen LogP contribution in [0.15, 0.2) is 28.3 Å². The van der Waals surface area contributed by atoms with Crippen molar-refractivity contribution < 1.29 is 23.6 Å². The first-order valence-electron chi connectivity index (χ1n) is 5.49. The Kier molecular flexibility index (Phi) is 4.21. The molecule has 0 radical (unpaired) electrons. The summed E-state index contributed by atoms with van der Waals surface area (Å²) in [6.45, 7) is 0. The van der Waals surface area contributed by atoms with Gasteiger partial charge in [0.25, 0.3) is 12.1 Å². The molecule has 2 aromatic rings. The average molecular weight is 331 g/mol. The van der Waals surface area contributed by atoms with Crippen molar-refractivity contribution in [2.45, 2.75) is 16.5 Å². The molecule has 2 rings (SSSR count). The summed E-state index contributed by atoms with van der Waals surface area (Å²) >= 11 is 0.624. The van der Waals surface area contributed by atoms with Gasteiger partial charge < -0.3 is 10.9 Å². The van der Waals surface area contributed by atoms with Crippen molar-refractivity contribution in [3.05, 3.63) is 39.7 Å². The number of nitrogens with two attached hydrogens (primary N) is 1. The lowest BCUT2D eigenvalue weighted by atomic mass is 10.2. The number of aromatic nitrogens is 3. The van der Waals surface area contributed by atoms with E-state index in [1.54, 1.807) is 0 Å². The van der Waals surface area contributed by atoms with Crippen LogP contribution in [-0.4, -0.2) is 30.9 Å². The molecule has 1 aromatic carbocycles. The number of nitro benzene ring substituents is 1. The van der Waals surface area contributed by atoms with Crippen LogP contribution in [0.4, 0.5) is 14.5 Å². The van der Waals surface area contributed by atoms with Gasteiger partial charge in [-0.3, -0.25) is 10.1 Å². The van der Waals surface area contributed by atoms with Crippen LogP contribution in [0, 0.1) is 10.1 Å². The SMILES string of the molecule is Nn1c(Sc2ccc(C(=O)O)cc2[N+](=O)[O-])nnc1C(F)F. The first-order chi connectivity index (χ1) is 10.3. The standard InChI is InChI=1S/C10H7F2N5O4S/c11-7(12)8-14-15-10(16(8)13)22-6-2-1-4(9(18)19)3-5(6)17(20)21/h1-3,7H,13H2,(H,18,19). The fraction of sp³-hybridized carbons (Fsp3) is 0.100. The molecule has 0 saturated heterocycles. The van der Waals surface area contributed by atoms with Gasteiger partial charge in [-0.25, -0.2) is 18.3 Å². The minimum Gasteiger partial charge on any atom is -0.478 e. The second-order valence-electron chi connectivity index (χ2n) is 3.86. The number of nitrogen functional groups attached to an aromatic ring is 1. The number of hydrogen-bond acceptors (Lipinski definition) is 7. The van der Waals surface area contributed by atoms with E-state index in [9.17, 15) is 23.7 Å². The molecule has 0 spiro atoms. The van der Waals surface area contributed by atoms with E-state index in [4.69, 9.17) is 10.9 Å². The van der Waals surface area contributed by atoms with Gasteiger partial charge >= 0.3 is 5.97 Å². The molecule has 9 nitrogen and oxygen atoms in total. The van der Waals surface area contributed by atoms with E-state index in [1.807, 2.05) is 0 Å². The second kappa shape index (κ2) is 5.93. The molecule has 22 heavy (non-hydrogen) atoms. The topological polar surface area (TPSA) is 137 Å². The molecule has 1 heterocycles.